The van der Waals surface area contributed by atoms with Crippen molar-refractivity contribution in [1.82, 2.24) is 4.31 Å². The standard InChI is InChI=1S/C11H17ClN4O3S/c1-3-16(4-2)20(18,19)15-10-7-8(11(13)14-17)5-6-9(10)12/h5-7,15,17H,3-4H2,1-2H3,(H2,13,14). The first-order chi connectivity index (χ1) is 9.35. The molecule has 0 fully saturated rings. The number of nitrogens with one attached hydrogen (secondary N) is 1. The number of nitrogens with zero attached hydrogens (tertiary/aromatic N) is 2. The van der Waals surface area contributed by atoms with Gasteiger partial charge in [-0.05, 0) is 18.2 Å². The Morgan fingerprint density at radius 1 is 1.45 bits per heavy atom. The second-order valence-electron chi connectivity index (χ2n) is 3.87. The molecule has 7 nitrogen and oxygen atoms in total. The van der Waals surface area contributed by atoms with Crippen LogP contribution in [-0.4, -0.2) is 36.9 Å². The zero-order valence-corrected chi connectivity index (χ0v) is 12.7. The maximum Gasteiger partial charge on any atom is 0.301 e. The largest absolute Gasteiger partial charge is 0.409 e. The maximum atomic E-state index is 12.1. The lowest BCUT2D eigenvalue weighted by atomic mass is 10.2. The van der Waals surface area contributed by atoms with Crippen LogP contribution in [0.1, 0.15) is 19.4 Å². The third kappa shape index (κ3) is 3.75. The topological polar surface area (TPSA) is 108 Å². The van der Waals surface area contributed by atoms with Crippen molar-refractivity contribution in [1.29, 1.82) is 0 Å². The lowest BCUT2D eigenvalue weighted by molar-refractivity contribution is 0.318. The van der Waals surface area contributed by atoms with Crippen molar-refractivity contribution in [2.24, 2.45) is 10.9 Å². The number of hydrogen-bond acceptors (Lipinski definition) is 4. The first-order valence-electron chi connectivity index (χ1n) is 5.91. The van der Waals surface area contributed by atoms with Gasteiger partial charge in [0.2, 0.25) is 0 Å². The summed E-state index contributed by atoms with van der Waals surface area (Å²) >= 11 is 5.95. The van der Waals surface area contributed by atoms with Crippen molar-refractivity contribution in [3.63, 3.8) is 0 Å². The van der Waals surface area contributed by atoms with Gasteiger partial charge in [-0.15, -0.1) is 0 Å². The number of hydrogen-bond donors (Lipinski definition) is 3. The summed E-state index contributed by atoms with van der Waals surface area (Å²) in [5.41, 5.74) is 5.98. The fourth-order valence-corrected chi connectivity index (χ4v) is 3.06. The number of halogens is 1. The van der Waals surface area contributed by atoms with Gasteiger partial charge in [0, 0.05) is 18.7 Å². The first kappa shape index (κ1) is 16.5. The van der Waals surface area contributed by atoms with Crippen molar-refractivity contribution in [3.05, 3.63) is 28.8 Å². The quantitative estimate of drug-likeness (QED) is 0.319. The number of oxime groups is 1. The average Bonchev–Trinajstić information content (AvgIpc) is 2.41. The number of rotatable bonds is 6. The Morgan fingerprint density at radius 3 is 2.55 bits per heavy atom. The van der Waals surface area contributed by atoms with Crippen LogP contribution in [0.3, 0.4) is 0 Å². The van der Waals surface area contributed by atoms with E-state index >= 15 is 0 Å². The van der Waals surface area contributed by atoms with E-state index < -0.39 is 10.2 Å². The van der Waals surface area contributed by atoms with E-state index in [1.807, 2.05) is 0 Å². The van der Waals surface area contributed by atoms with E-state index in [1.54, 1.807) is 13.8 Å². The Morgan fingerprint density at radius 2 is 2.05 bits per heavy atom. The molecule has 0 aliphatic carbocycles. The van der Waals surface area contributed by atoms with Crippen molar-refractivity contribution < 1.29 is 13.6 Å². The molecule has 0 atom stereocenters. The molecule has 1 aromatic rings. The average molecular weight is 321 g/mol. The van der Waals surface area contributed by atoms with Gasteiger partial charge < -0.3 is 10.9 Å². The lowest BCUT2D eigenvalue weighted by Crippen LogP contribution is -2.35. The zero-order valence-electron chi connectivity index (χ0n) is 11.2. The highest BCUT2D eigenvalue weighted by Crippen LogP contribution is 2.24. The molecule has 0 aliphatic rings. The zero-order chi connectivity index (χ0) is 15.3. The van der Waals surface area contributed by atoms with E-state index in [-0.39, 0.29) is 16.5 Å². The summed E-state index contributed by atoms with van der Waals surface area (Å²) in [6.07, 6.45) is 0. The SMILES string of the molecule is CCN(CC)S(=O)(=O)Nc1cc(/C(N)=N/O)ccc1Cl. The molecule has 9 heteroatoms. The third-order valence-electron chi connectivity index (χ3n) is 2.65. The minimum absolute atomic E-state index is 0.134. The van der Waals surface area contributed by atoms with E-state index in [4.69, 9.17) is 22.5 Å². The van der Waals surface area contributed by atoms with E-state index in [0.29, 0.717) is 18.7 Å². The van der Waals surface area contributed by atoms with Gasteiger partial charge in [0.25, 0.3) is 0 Å². The van der Waals surface area contributed by atoms with Crippen molar-refractivity contribution in [2.45, 2.75) is 13.8 Å². The van der Waals surface area contributed by atoms with Crippen molar-refractivity contribution in [3.8, 4) is 0 Å². The van der Waals surface area contributed by atoms with Gasteiger partial charge in [-0.25, -0.2) is 0 Å². The monoisotopic (exact) mass is 320 g/mol. The molecule has 0 saturated carbocycles. The molecule has 0 spiro atoms. The predicted octanol–water partition coefficient (Wildman–Crippen LogP) is 1.43. The van der Waals surface area contributed by atoms with Crippen LogP contribution in [0, 0.1) is 0 Å². The molecule has 0 aliphatic heterocycles. The Kier molecular flexibility index (Phi) is 5.61. The number of anilines is 1. The van der Waals surface area contributed by atoms with Crippen LogP contribution in [0.4, 0.5) is 5.69 Å². The Labute approximate surface area is 123 Å². The molecule has 0 radical (unpaired) electrons. The lowest BCUT2D eigenvalue weighted by Gasteiger charge is -2.20. The Bertz CT molecular complexity index is 600. The van der Waals surface area contributed by atoms with Crippen LogP contribution < -0.4 is 10.5 Å². The molecule has 0 aromatic heterocycles. The van der Waals surface area contributed by atoms with Gasteiger partial charge in [-0.2, -0.15) is 12.7 Å². The number of benzene rings is 1. The summed E-state index contributed by atoms with van der Waals surface area (Å²) in [7, 11) is -3.69. The number of nitrogens with two attached hydrogens (primary N) is 1. The molecule has 1 rings (SSSR count). The van der Waals surface area contributed by atoms with Crippen LogP contribution in [0.2, 0.25) is 5.02 Å². The maximum absolute atomic E-state index is 12.1. The second kappa shape index (κ2) is 6.78. The van der Waals surface area contributed by atoms with Crippen LogP contribution in [0.25, 0.3) is 0 Å². The normalized spacial score (nSPS) is 12.7. The third-order valence-corrected chi connectivity index (χ3v) is 4.66. The van der Waals surface area contributed by atoms with Crippen LogP contribution in [-0.2, 0) is 10.2 Å². The predicted molar refractivity (Wildman–Crippen MR) is 79.4 cm³/mol. The molecule has 4 N–H and O–H groups in total. The second-order valence-corrected chi connectivity index (χ2v) is 5.95. The summed E-state index contributed by atoms with van der Waals surface area (Å²) in [6, 6.07) is 4.39. The van der Waals surface area contributed by atoms with E-state index in [9.17, 15) is 8.42 Å². The van der Waals surface area contributed by atoms with E-state index in [2.05, 4.69) is 9.88 Å². The van der Waals surface area contributed by atoms with Crippen LogP contribution in [0.15, 0.2) is 23.4 Å². The van der Waals surface area contributed by atoms with Gasteiger partial charge in [-0.3, -0.25) is 4.72 Å². The summed E-state index contributed by atoms with van der Waals surface area (Å²) in [4.78, 5) is 0. The van der Waals surface area contributed by atoms with Gasteiger partial charge in [-0.1, -0.05) is 30.6 Å². The van der Waals surface area contributed by atoms with Gasteiger partial charge >= 0.3 is 10.2 Å². The molecule has 0 saturated heterocycles. The summed E-state index contributed by atoms with van der Waals surface area (Å²) < 4.78 is 27.9. The summed E-state index contributed by atoms with van der Waals surface area (Å²) in [6.45, 7) is 4.14. The van der Waals surface area contributed by atoms with Crippen molar-refractivity contribution >= 4 is 33.3 Å². The highest BCUT2D eigenvalue weighted by Gasteiger charge is 2.20. The minimum Gasteiger partial charge on any atom is -0.409 e. The van der Waals surface area contributed by atoms with E-state index in [1.165, 1.54) is 22.5 Å². The van der Waals surface area contributed by atoms with Crippen LogP contribution in [0.5, 0.6) is 0 Å². The van der Waals surface area contributed by atoms with Crippen LogP contribution >= 0.6 is 11.6 Å². The molecule has 0 heterocycles. The molecule has 0 unspecified atom stereocenters. The highest BCUT2D eigenvalue weighted by atomic mass is 35.5. The molecular weight excluding hydrogens is 304 g/mol. The summed E-state index contributed by atoms with van der Waals surface area (Å²) in [5.74, 6) is -0.134. The molecule has 0 amide bonds. The molecular formula is C11H17ClN4O3S. The summed E-state index contributed by atoms with van der Waals surface area (Å²) in [5, 5.41) is 11.7. The first-order valence-corrected chi connectivity index (χ1v) is 7.72. The highest BCUT2D eigenvalue weighted by molar-refractivity contribution is 7.90. The van der Waals surface area contributed by atoms with Gasteiger partial charge in [0.1, 0.15) is 0 Å². The number of amidine groups is 1. The Hall–Kier alpha value is -1.51. The fraction of sp³-hybridized carbons (Fsp3) is 0.364. The Balaban J connectivity index is 3.15. The smallest absolute Gasteiger partial charge is 0.301 e. The van der Waals surface area contributed by atoms with E-state index in [0.717, 1.165) is 0 Å². The van der Waals surface area contributed by atoms with Gasteiger partial charge in [0.05, 0.1) is 10.7 Å². The minimum atomic E-state index is -3.69. The van der Waals surface area contributed by atoms with Crippen molar-refractivity contribution in [2.75, 3.05) is 17.8 Å². The molecule has 112 valence electrons. The van der Waals surface area contributed by atoms with Gasteiger partial charge in [0.15, 0.2) is 5.84 Å². The molecule has 20 heavy (non-hydrogen) atoms. The molecule has 0 bridgehead atoms. The molecule has 1 aromatic carbocycles. The fourth-order valence-electron chi connectivity index (χ4n) is 1.59.